The van der Waals surface area contributed by atoms with Gasteiger partial charge in [-0.15, -0.1) is 0 Å². The summed E-state index contributed by atoms with van der Waals surface area (Å²) in [6.45, 7) is 0. The summed E-state index contributed by atoms with van der Waals surface area (Å²) in [4.78, 5) is 10.8. The van der Waals surface area contributed by atoms with Gasteiger partial charge in [0.25, 0.3) is 0 Å². The average molecular weight is 334 g/mol. The van der Waals surface area contributed by atoms with Crippen LogP contribution in [0.1, 0.15) is 10.5 Å². The van der Waals surface area contributed by atoms with Crippen molar-refractivity contribution < 1.29 is 14.3 Å². The molecule has 0 aliphatic carbocycles. The minimum atomic E-state index is -1.12. The fourth-order valence-corrected chi connectivity index (χ4v) is 2.34. The molecule has 0 unspecified atom stereocenters. The largest absolute Gasteiger partial charge is 0.476 e. The van der Waals surface area contributed by atoms with Crippen LogP contribution in [0.15, 0.2) is 22.7 Å². The van der Waals surface area contributed by atoms with E-state index in [0.29, 0.717) is 11.3 Å². The summed E-state index contributed by atoms with van der Waals surface area (Å²) in [5.74, 6) is -1.68. The van der Waals surface area contributed by atoms with E-state index in [4.69, 9.17) is 16.7 Å². The zero-order valence-electron chi connectivity index (χ0n) is 9.12. The topological polar surface area (TPSA) is 55.1 Å². The Kier molecular flexibility index (Phi) is 3.41. The first kappa shape index (κ1) is 13.0. The molecule has 0 radical (unpaired) electrons. The second-order valence-corrected chi connectivity index (χ2v) is 4.86. The molecule has 0 amide bonds. The molecule has 1 aromatic carbocycles. The number of hydrogen-bond acceptors (Lipinski definition) is 2. The molecule has 7 heteroatoms. The van der Waals surface area contributed by atoms with Crippen molar-refractivity contribution in [1.82, 2.24) is 9.78 Å². The number of aryl methyl sites for hydroxylation is 1. The highest BCUT2D eigenvalue weighted by atomic mass is 79.9. The van der Waals surface area contributed by atoms with E-state index in [1.165, 1.54) is 22.9 Å². The highest BCUT2D eigenvalue weighted by molar-refractivity contribution is 9.10. The summed E-state index contributed by atoms with van der Waals surface area (Å²) in [5, 5.41) is 12.6. The van der Waals surface area contributed by atoms with Crippen LogP contribution in [0, 0.1) is 5.82 Å². The number of aromatic carboxylic acids is 1. The SMILES string of the molecule is Cn1nc(C(=O)O)cc1-c1cc(Cl)c(F)c(Br)c1. The molecule has 1 aromatic heterocycles. The van der Waals surface area contributed by atoms with Crippen LogP contribution < -0.4 is 0 Å². The van der Waals surface area contributed by atoms with Crippen LogP contribution in [-0.2, 0) is 7.05 Å². The van der Waals surface area contributed by atoms with E-state index in [1.807, 2.05) is 0 Å². The molecule has 0 saturated heterocycles. The van der Waals surface area contributed by atoms with Crippen molar-refractivity contribution in [3.05, 3.63) is 39.2 Å². The normalized spacial score (nSPS) is 10.7. The molecule has 2 rings (SSSR count). The molecule has 0 aliphatic rings. The fourth-order valence-electron chi connectivity index (χ4n) is 1.55. The Bertz CT molecular complexity index is 619. The number of carbonyl (C=O) groups is 1. The molecular weight excluding hydrogens is 326 g/mol. The van der Waals surface area contributed by atoms with Gasteiger partial charge in [0.1, 0.15) is 0 Å². The summed E-state index contributed by atoms with van der Waals surface area (Å²) < 4.78 is 15.0. The van der Waals surface area contributed by atoms with Gasteiger partial charge in [-0.2, -0.15) is 5.10 Å². The molecule has 0 saturated carbocycles. The lowest BCUT2D eigenvalue weighted by atomic mass is 10.1. The number of nitrogens with zero attached hydrogens (tertiary/aromatic N) is 2. The first-order valence-corrected chi connectivity index (χ1v) is 5.99. The van der Waals surface area contributed by atoms with Crippen molar-refractivity contribution in [3.8, 4) is 11.3 Å². The van der Waals surface area contributed by atoms with Crippen LogP contribution in [0.3, 0.4) is 0 Å². The smallest absolute Gasteiger partial charge is 0.356 e. The summed E-state index contributed by atoms with van der Waals surface area (Å²) in [6.07, 6.45) is 0. The quantitative estimate of drug-likeness (QED) is 0.858. The molecule has 94 valence electrons. The van der Waals surface area contributed by atoms with Gasteiger partial charge in [0, 0.05) is 12.6 Å². The van der Waals surface area contributed by atoms with Gasteiger partial charge in [0.2, 0.25) is 0 Å². The lowest BCUT2D eigenvalue weighted by molar-refractivity contribution is 0.0689. The molecule has 0 aliphatic heterocycles. The van der Waals surface area contributed by atoms with Crippen molar-refractivity contribution in [3.63, 3.8) is 0 Å². The van der Waals surface area contributed by atoms with Crippen LogP contribution in [0.4, 0.5) is 4.39 Å². The number of halogens is 3. The van der Waals surface area contributed by atoms with Crippen molar-refractivity contribution in [2.24, 2.45) is 7.05 Å². The monoisotopic (exact) mass is 332 g/mol. The van der Waals surface area contributed by atoms with E-state index in [2.05, 4.69) is 21.0 Å². The van der Waals surface area contributed by atoms with Gasteiger partial charge < -0.3 is 5.11 Å². The number of benzene rings is 1. The molecule has 2 aromatic rings. The predicted octanol–water partition coefficient (Wildman–Crippen LogP) is 3.34. The highest BCUT2D eigenvalue weighted by Gasteiger charge is 2.15. The van der Waals surface area contributed by atoms with Gasteiger partial charge in [-0.05, 0) is 34.1 Å². The van der Waals surface area contributed by atoms with Crippen LogP contribution in [0.25, 0.3) is 11.3 Å². The lowest BCUT2D eigenvalue weighted by Crippen LogP contribution is -1.99. The maximum atomic E-state index is 13.4. The van der Waals surface area contributed by atoms with Crippen LogP contribution in [-0.4, -0.2) is 20.9 Å². The third-order valence-corrected chi connectivity index (χ3v) is 3.23. The number of aromatic nitrogens is 2. The summed E-state index contributed by atoms with van der Waals surface area (Å²) in [5.41, 5.74) is 1.04. The Hall–Kier alpha value is -1.40. The van der Waals surface area contributed by atoms with Crippen molar-refractivity contribution >= 4 is 33.5 Å². The third kappa shape index (κ3) is 2.26. The molecule has 4 nitrogen and oxygen atoms in total. The summed E-state index contributed by atoms with van der Waals surface area (Å²) in [7, 11) is 1.60. The van der Waals surface area contributed by atoms with Gasteiger partial charge in [0.05, 0.1) is 15.2 Å². The first-order valence-electron chi connectivity index (χ1n) is 4.82. The lowest BCUT2D eigenvalue weighted by Gasteiger charge is -2.05. The zero-order chi connectivity index (χ0) is 13.4. The maximum Gasteiger partial charge on any atom is 0.356 e. The minimum Gasteiger partial charge on any atom is -0.476 e. The van der Waals surface area contributed by atoms with E-state index in [-0.39, 0.29) is 15.2 Å². The van der Waals surface area contributed by atoms with Gasteiger partial charge >= 0.3 is 5.97 Å². The first-order chi connectivity index (χ1) is 8.40. The van der Waals surface area contributed by atoms with Crippen LogP contribution in [0.5, 0.6) is 0 Å². The third-order valence-electron chi connectivity index (χ3n) is 2.38. The standard InChI is InChI=1S/C11H7BrClFN2O2/c1-16-9(4-8(15-16)11(17)18)5-2-6(12)10(14)7(13)3-5/h2-4H,1H3,(H,17,18). The Morgan fingerprint density at radius 3 is 2.67 bits per heavy atom. The van der Waals surface area contributed by atoms with Gasteiger partial charge in [0.15, 0.2) is 11.5 Å². The van der Waals surface area contributed by atoms with E-state index >= 15 is 0 Å². The Labute approximate surface area is 115 Å². The van der Waals surface area contributed by atoms with E-state index in [9.17, 15) is 9.18 Å². The molecule has 0 spiro atoms. The maximum absolute atomic E-state index is 13.4. The number of carboxylic acid groups (broad SMARTS) is 1. The van der Waals surface area contributed by atoms with Gasteiger partial charge in [-0.25, -0.2) is 9.18 Å². The zero-order valence-corrected chi connectivity index (χ0v) is 11.5. The molecule has 0 bridgehead atoms. The average Bonchev–Trinajstić information content (AvgIpc) is 2.68. The molecule has 1 heterocycles. The van der Waals surface area contributed by atoms with E-state index < -0.39 is 11.8 Å². The number of hydrogen-bond donors (Lipinski definition) is 1. The van der Waals surface area contributed by atoms with Crippen molar-refractivity contribution in [1.29, 1.82) is 0 Å². The summed E-state index contributed by atoms with van der Waals surface area (Å²) >= 11 is 8.79. The Balaban J connectivity index is 2.58. The molecule has 18 heavy (non-hydrogen) atoms. The molecule has 0 atom stereocenters. The Morgan fingerprint density at radius 2 is 2.17 bits per heavy atom. The number of rotatable bonds is 2. The second-order valence-electron chi connectivity index (χ2n) is 3.60. The highest BCUT2D eigenvalue weighted by Crippen LogP contribution is 2.30. The molecular formula is C11H7BrClFN2O2. The fraction of sp³-hybridized carbons (Fsp3) is 0.0909. The van der Waals surface area contributed by atoms with Crippen molar-refractivity contribution in [2.75, 3.05) is 0 Å². The molecule has 1 N–H and O–H groups in total. The minimum absolute atomic E-state index is 0.0440. The van der Waals surface area contributed by atoms with Crippen LogP contribution in [0.2, 0.25) is 5.02 Å². The number of carboxylic acids is 1. The van der Waals surface area contributed by atoms with Crippen molar-refractivity contribution in [2.45, 2.75) is 0 Å². The second kappa shape index (κ2) is 4.70. The summed E-state index contributed by atoms with van der Waals surface area (Å²) in [6, 6.07) is 4.34. The van der Waals surface area contributed by atoms with E-state index in [1.54, 1.807) is 7.05 Å². The van der Waals surface area contributed by atoms with Gasteiger partial charge in [-0.3, -0.25) is 4.68 Å². The predicted molar refractivity (Wildman–Crippen MR) is 68.3 cm³/mol. The Morgan fingerprint density at radius 1 is 1.50 bits per heavy atom. The van der Waals surface area contributed by atoms with E-state index in [0.717, 1.165) is 0 Å². The van der Waals surface area contributed by atoms with Crippen LogP contribution >= 0.6 is 27.5 Å². The molecule has 0 fully saturated rings. The van der Waals surface area contributed by atoms with Gasteiger partial charge in [-0.1, -0.05) is 11.6 Å².